The van der Waals surface area contributed by atoms with E-state index in [4.69, 9.17) is 14.2 Å². The number of carbonyl (C=O) groups excluding carboxylic acids is 2. The summed E-state index contributed by atoms with van der Waals surface area (Å²) >= 11 is 0. The van der Waals surface area contributed by atoms with Crippen molar-refractivity contribution >= 4 is 23.3 Å². The molecule has 10 nitrogen and oxygen atoms in total. The van der Waals surface area contributed by atoms with Crippen molar-refractivity contribution in [2.45, 2.75) is 71.0 Å². The summed E-state index contributed by atoms with van der Waals surface area (Å²) in [7, 11) is 3.66. The van der Waals surface area contributed by atoms with E-state index < -0.39 is 23.8 Å². The molecule has 1 aliphatic heterocycles. The number of rotatable bonds is 9. The Bertz CT molecular complexity index is 1570. The molecule has 3 N–H and O–H groups in total. The number of urea groups is 1. The molecule has 3 aromatic carbocycles. The van der Waals surface area contributed by atoms with Crippen LogP contribution in [-0.4, -0.2) is 85.6 Å². The van der Waals surface area contributed by atoms with E-state index in [-0.39, 0.29) is 54.1 Å². The number of aliphatic hydroxyl groups excluding tert-OH is 1. The van der Waals surface area contributed by atoms with Gasteiger partial charge in [-0.15, -0.1) is 0 Å². The first-order valence-electron chi connectivity index (χ1n) is 17.2. The Morgan fingerprint density at radius 2 is 1.71 bits per heavy atom. The minimum atomic E-state index is -4.50. The number of alkyl halides is 3. The number of benzene rings is 3. The average Bonchev–Trinajstić information content (AvgIpc) is 3.09. The van der Waals surface area contributed by atoms with E-state index in [9.17, 15) is 27.9 Å². The number of anilines is 2. The van der Waals surface area contributed by atoms with Crippen molar-refractivity contribution in [3.63, 3.8) is 0 Å². The van der Waals surface area contributed by atoms with E-state index in [1.807, 2.05) is 45.2 Å². The number of methoxy groups -OCH3 is 1. The normalized spacial score (nSPS) is 19.8. The van der Waals surface area contributed by atoms with Crippen molar-refractivity contribution in [2.24, 2.45) is 5.92 Å². The molecular weight excluding hydrogens is 665 g/mol. The standard InChI is InChI=1S/C38H49F3N4O6/c1-25-21-45(26(2)24-46)36(47)33-20-31(43-37(48)42-30-13-11-29(12-14-30)38(39,40)41)15-18-34(33)51-27(3)8-6-7-19-50-35(25)23-44(4)22-28-9-16-32(49-5)17-10-28/h9-18,20,25-27,35,46H,6-8,19,21-24H2,1-5H3,(H2,42,43,48)/t25-,26+,27+,35+/m1/s1. The Hall–Kier alpha value is -4.33. The molecule has 0 fully saturated rings. The Kier molecular flexibility index (Phi) is 14.1. The van der Waals surface area contributed by atoms with E-state index in [0.29, 0.717) is 25.4 Å². The van der Waals surface area contributed by atoms with Gasteiger partial charge in [-0.05, 0) is 100 Å². The molecule has 278 valence electrons. The molecule has 13 heteroatoms. The molecular formula is C38H49F3N4O6. The van der Waals surface area contributed by atoms with Gasteiger partial charge in [-0.25, -0.2) is 4.79 Å². The summed E-state index contributed by atoms with van der Waals surface area (Å²) < 4.78 is 56.9. The number of nitrogens with zero attached hydrogens (tertiary/aromatic N) is 2. The molecule has 4 atom stereocenters. The first kappa shape index (κ1) is 39.5. The molecule has 0 aromatic heterocycles. The fourth-order valence-electron chi connectivity index (χ4n) is 5.91. The zero-order valence-electron chi connectivity index (χ0n) is 29.8. The minimum absolute atomic E-state index is 0.122. The molecule has 0 saturated heterocycles. The molecule has 1 heterocycles. The van der Waals surface area contributed by atoms with Crippen LogP contribution in [0, 0.1) is 5.92 Å². The van der Waals surface area contributed by atoms with Crippen LogP contribution in [0.5, 0.6) is 11.5 Å². The number of ether oxygens (including phenoxy) is 3. The van der Waals surface area contributed by atoms with Gasteiger partial charge in [-0.1, -0.05) is 19.1 Å². The number of nitrogens with one attached hydrogen (secondary N) is 2. The van der Waals surface area contributed by atoms with Gasteiger partial charge >= 0.3 is 12.2 Å². The third kappa shape index (κ3) is 11.6. The minimum Gasteiger partial charge on any atom is -0.497 e. The number of fused-ring (bicyclic) bond motifs is 1. The van der Waals surface area contributed by atoms with Crippen LogP contribution in [0.25, 0.3) is 0 Å². The number of likely N-dealkylation sites (N-methyl/N-ethyl adjacent to an activating group) is 1. The number of carbonyl (C=O) groups is 2. The molecule has 0 saturated carbocycles. The van der Waals surface area contributed by atoms with Gasteiger partial charge in [0.15, 0.2) is 0 Å². The van der Waals surface area contributed by atoms with E-state index >= 15 is 0 Å². The molecule has 3 aromatic rings. The largest absolute Gasteiger partial charge is 0.497 e. The summed E-state index contributed by atoms with van der Waals surface area (Å²) in [4.78, 5) is 31.0. The molecule has 0 aliphatic carbocycles. The van der Waals surface area contributed by atoms with Crippen LogP contribution in [-0.2, 0) is 17.5 Å². The predicted molar refractivity (Wildman–Crippen MR) is 190 cm³/mol. The van der Waals surface area contributed by atoms with Gasteiger partial charge in [0.05, 0.1) is 43.1 Å². The maximum atomic E-state index is 14.4. The van der Waals surface area contributed by atoms with Crippen molar-refractivity contribution in [3.8, 4) is 11.5 Å². The van der Waals surface area contributed by atoms with Gasteiger partial charge in [0, 0.05) is 43.5 Å². The highest BCUT2D eigenvalue weighted by molar-refractivity contribution is 6.02. The predicted octanol–water partition coefficient (Wildman–Crippen LogP) is 7.29. The third-order valence-corrected chi connectivity index (χ3v) is 8.88. The number of halogens is 3. The molecule has 51 heavy (non-hydrogen) atoms. The Labute approximate surface area is 297 Å². The second kappa shape index (κ2) is 18.2. The zero-order chi connectivity index (χ0) is 37.1. The fourth-order valence-corrected chi connectivity index (χ4v) is 5.91. The summed E-state index contributed by atoms with van der Waals surface area (Å²) in [6.45, 7) is 7.59. The Balaban J connectivity index is 1.56. The van der Waals surface area contributed by atoms with Crippen LogP contribution in [0.4, 0.5) is 29.3 Å². The highest BCUT2D eigenvalue weighted by Crippen LogP contribution is 2.31. The number of hydrogen-bond donors (Lipinski definition) is 3. The summed E-state index contributed by atoms with van der Waals surface area (Å²) in [6, 6.07) is 15.5. The SMILES string of the molecule is COc1ccc(CN(C)C[C@@H]2OCCCC[C@H](C)Oc3ccc(NC(=O)Nc4ccc(C(F)(F)F)cc4)cc3C(=O)N([C@@H](C)CO)C[C@H]2C)cc1. The van der Waals surface area contributed by atoms with Crippen molar-refractivity contribution in [1.82, 2.24) is 9.80 Å². The maximum absolute atomic E-state index is 14.4. The zero-order valence-corrected chi connectivity index (χ0v) is 29.8. The van der Waals surface area contributed by atoms with Crippen LogP contribution in [0.15, 0.2) is 66.7 Å². The second-order valence-electron chi connectivity index (χ2n) is 13.2. The van der Waals surface area contributed by atoms with Gasteiger partial charge in [-0.2, -0.15) is 13.2 Å². The van der Waals surface area contributed by atoms with E-state index in [1.165, 1.54) is 6.07 Å². The van der Waals surface area contributed by atoms with E-state index in [2.05, 4.69) is 15.5 Å². The first-order chi connectivity index (χ1) is 24.3. The topological polar surface area (TPSA) is 113 Å². The van der Waals surface area contributed by atoms with Crippen molar-refractivity contribution in [3.05, 3.63) is 83.4 Å². The van der Waals surface area contributed by atoms with Crippen molar-refractivity contribution < 1.29 is 42.1 Å². The van der Waals surface area contributed by atoms with Gasteiger partial charge < -0.3 is 34.9 Å². The lowest BCUT2D eigenvalue weighted by Crippen LogP contribution is -2.47. The first-order valence-corrected chi connectivity index (χ1v) is 17.2. The summed E-state index contributed by atoms with van der Waals surface area (Å²) in [5.74, 6) is 0.619. The van der Waals surface area contributed by atoms with E-state index in [1.54, 1.807) is 31.1 Å². The van der Waals surface area contributed by atoms with Crippen molar-refractivity contribution in [2.75, 3.05) is 51.1 Å². The quantitative estimate of drug-likeness (QED) is 0.214. The summed E-state index contributed by atoms with van der Waals surface area (Å²) in [5, 5.41) is 15.4. The van der Waals surface area contributed by atoms with Crippen LogP contribution < -0.4 is 20.1 Å². The summed E-state index contributed by atoms with van der Waals surface area (Å²) in [6.07, 6.45) is -2.53. The van der Waals surface area contributed by atoms with E-state index in [0.717, 1.165) is 54.8 Å². The highest BCUT2D eigenvalue weighted by atomic mass is 19.4. The number of aliphatic hydroxyl groups is 1. The van der Waals surface area contributed by atoms with Crippen LogP contribution in [0.3, 0.4) is 0 Å². The second-order valence-corrected chi connectivity index (χ2v) is 13.2. The molecule has 0 radical (unpaired) electrons. The lowest BCUT2D eigenvalue weighted by atomic mass is 10.0. The number of amides is 3. The highest BCUT2D eigenvalue weighted by Gasteiger charge is 2.31. The molecule has 0 bridgehead atoms. The van der Waals surface area contributed by atoms with Gasteiger partial charge in [0.1, 0.15) is 11.5 Å². The Morgan fingerprint density at radius 3 is 2.35 bits per heavy atom. The van der Waals surface area contributed by atoms with Crippen molar-refractivity contribution in [1.29, 1.82) is 0 Å². The lowest BCUT2D eigenvalue weighted by Gasteiger charge is -2.36. The average molecular weight is 715 g/mol. The van der Waals surface area contributed by atoms with Crippen LogP contribution in [0.1, 0.15) is 61.5 Å². The third-order valence-electron chi connectivity index (χ3n) is 8.88. The molecule has 0 unspecified atom stereocenters. The molecule has 3 amide bonds. The summed E-state index contributed by atoms with van der Waals surface area (Å²) in [5.41, 5.74) is 0.931. The fraction of sp³-hybridized carbons (Fsp3) is 0.474. The molecule has 4 rings (SSSR count). The van der Waals surface area contributed by atoms with Gasteiger partial charge in [0.25, 0.3) is 5.91 Å². The number of hydrogen-bond acceptors (Lipinski definition) is 7. The smallest absolute Gasteiger partial charge is 0.416 e. The monoisotopic (exact) mass is 714 g/mol. The Morgan fingerprint density at radius 1 is 1.04 bits per heavy atom. The van der Waals surface area contributed by atoms with Gasteiger partial charge in [-0.3, -0.25) is 9.69 Å². The lowest BCUT2D eigenvalue weighted by molar-refractivity contribution is -0.137. The van der Waals surface area contributed by atoms with Crippen LogP contribution in [0.2, 0.25) is 0 Å². The van der Waals surface area contributed by atoms with Gasteiger partial charge in [0.2, 0.25) is 0 Å². The molecule has 1 aliphatic rings. The maximum Gasteiger partial charge on any atom is 0.416 e. The van der Waals surface area contributed by atoms with Crippen LogP contribution >= 0.6 is 0 Å². The molecule has 0 spiro atoms.